The number of hydrogen-bond donors (Lipinski definition) is 4. The van der Waals surface area contributed by atoms with E-state index in [9.17, 15) is 29.0 Å². The van der Waals surface area contributed by atoms with Crippen molar-refractivity contribution in [2.45, 2.75) is 45.1 Å². The van der Waals surface area contributed by atoms with E-state index in [-0.39, 0.29) is 36.0 Å². The number of benzene rings is 1. The molecule has 3 aliphatic rings. The van der Waals surface area contributed by atoms with Gasteiger partial charge in [-0.15, -0.1) is 0 Å². The van der Waals surface area contributed by atoms with Gasteiger partial charge in [0.1, 0.15) is 12.0 Å². The van der Waals surface area contributed by atoms with Gasteiger partial charge in [-0.25, -0.2) is 4.39 Å². The number of aliphatic hydroxyl groups excluding tert-OH is 2. The lowest BCUT2D eigenvalue weighted by atomic mass is 9.99. The normalized spacial score (nSPS) is 25.9. The Balaban J connectivity index is 0.000000810. The molecule has 1 aromatic rings. The summed E-state index contributed by atoms with van der Waals surface area (Å²) in [7, 11) is 1.84. The number of nitrogens with zero attached hydrogens (tertiary/aromatic N) is 3. The number of likely N-dealkylation sites (N-methyl/N-ethyl adjacent to an activating group) is 1. The van der Waals surface area contributed by atoms with Crippen LogP contribution >= 0.6 is 23.5 Å². The summed E-state index contributed by atoms with van der Waals surface area (Å²) in [5.41, 5.74) is 1.74. The van der Waals surface area contributed by atoms with Gasteiger partial charge in [0, 0.05) is 38.5 Å². The Kier molecular flexibility index (Phi) is 12.0. The van der Waals surface area contributed by atoms with Crippen LogP contribution in [0.25, 0.3) is 0 Å². The third-order valence-electron chi connectivity index (χ3n) is 7.02. The number of carbonyl (C=O) groups is 3. The van der Waals surface area contributed by atoms with Gasteiger partial charge >= 0.3 is 0 Å². The fraction of sp³-hybridized carbons (Fsp3) is 0.519. The summed E-state index contributed by atoms with van der Waals surface area (Å²) in [4.78, 5) is 41.2. The summed E-state index contributed by atoms with van der Waals surface area (Å²) < 4.78 is 15.9. The Morgan fingerprint density at radius 2 is 1.98 bits per heavy atom. The van der Waals surface area contributed by atoms with E-state index in [1.807, 2.05) is 18.9 Å². The molecule has 2 aliphatic heterocycles. The third-order valence-corrected chi connectivity index (χ3v) is 7.64. The maximum atomic E-state index is 13.6. The first-order valence-corrected chi connectivity index (χ1v) is 14.7. The van der Waals surface area contributed by atoms with Crippen molar-refractivity contribution in [3.63, 3.8) is 0 Å². The molecule has 220 valence electrons. The Hall–Kier alpha value is -2.48. The summed E-state index contributed by atoms with van der Waals surface area (Å²) in [5, 5.41) is 24.7. The molecule has 0 spiro atoms. The topological polar surface area (TPSA) is 125 Å². The molecule has 4 rings (SSSR count). The Labute approximate surface area is 243 Å². The van der Waals surface area contributed by atoms with Crippen molar-refractivity contribution in [1.82, 2.24) is 24.7 Å². The maximum absolute atomic E-state index is 13.6. The van der Waals surface area contributed by atoms with Crippen LogP contribution in [0.4, 0.5) is 4.39 Å². The Morgan fingerprint density at radius 3 is 2.55 bits per heavy atom. The highest BCUT2D eigenvalue weighted by molar-refractivity contribution is 7.97. The number of hydrogen-bond acceptors (Lipinski definition) is 9. The predicted molar refractivity (Wildman–Crippen MR) is 152 cm³/mol. The van der Waals surface area contributed by atoms with E-state index >= 15 is 0 Å². The van der Waals surface area contributed by atoms with Gasteiger partial charge in [0.25, 0.3) is 5.91 Å². The highest BCUT2D eigenvalue weighted by atomic mass is 35.5. The zero-order valence-corrected chi connectivity index (χ0v) is 24.5. The molecule has 2 unspecified atom stereocenters. The van der Waals surface area contributed by atoms with Crippen LogP contribution in [0.15, 0.2) is 41.3 Å². The van der Waals surface area contributed by atoms with Crippen LogP contribution in [0.3, 0.4) is 0 Å². The van der Waals surface area contributed by atoms with E-state index in [4.69, 9.17) is 11.6 Å². The van der Waals surface area contributed by atoms with Crippen molar-refractivity contribution in [3.8, 4) is 0 Å². The number of aliphatic hydroxyl groups is 2. The highest BCUT2D eigenvalue weighted by Crippen LogP contribution is 2.41. The summed E-state index contributed by atoms with van der Waals surface area (Å²) in [5.74, 6) is -1.77. The molecular formula is C27H37ClFN5O5S. The van der Waals surface area contributed by atoms with Gasteiger partial charge in [-0.1, -0.05) is 29.6 Å². The van der Waals surface area contributed by atoms with Gasteiger partial charge in [-0.2, -0.15) is 0 Å². The molecule has 2 atom stereocenters. The first-order chi connectivity index (χ1) is 19.1. The van der Waals surface area contributed by atoms with E-state index < -0.39 is 23.7 Å². The Bertz CT molecular complexity index is 1150. The smallest absolute Gasteiger partial charge is 0.294 e. The molecule has 1 aliphatic carbocycles. The average molecular weight is 598 g/mol. The van der Waals surface area contributed by atoms with E-state index in [0.717, 1.165) is 24.5 Å². The van der Waals surface area contributed by atoms with Crippen LogP contribution in [-0.4, -0.2) is 94.9 Å². The maximum Gasteiger partial charge on any atom is 0.294 e. The van der Waals surface area contributed by atoms with Crippen LogP contribution in [0.1, 0.15) is 31.7 Å². The zero-order chi connectivity index (χ0) is 29.4. The minimum absolute atomic E-state index is 0.0256. The SMILES string of the molecule is CNCCN1CC(=O)/C2=C(/C)CCN(Cc3ccc(F)c(Cl)c3)C(O)/C=C(\O)C(=O)N2C1C1CC1.CSNC=O. The van der Waals surface area contributed by atoms with Crippen LogP contribution < -0.4 is 10.0 Å². The first kappa shape index (κ1) is 32.0. The molecule has 13 heteroatoms. The van der Waals surface area contributed by atoms with E-state index in [2.05, 4.69) is 10.0 Å². The number of rotatable bonds is 8. The standard InChI is InChI=1S/C25H32ClFN4O4.C2H5NOS/c1-15-7-9-29(13-16-3-6-19(27)18(26)11-16)22(34)12-20(32)25(35)31-23(15)21(33)14-30(10-8-28-2)24(31)17-4-5-17;1-5-3-2-4/h3,6,11-12,17,22,24,28,32,34H,4-5,7-10,13-14H2,1-2H3;2H,1H3,(H,3,4)/b20-12-,23-15+;. The molecule has 40 heavy (non-hydrogen) atoms. The Morgan fingerprint density at radius 1 is 1.25 bits per heavy atom. The summed E-state index contributed by atoms with van der Waals surface area (Å²) >= 11 is 7.19. The molecule has 1 aromatic carbocycles. The molecule has 0 aromatic heterocycles. The fourth-order valence-electron chi connectivity index (χ4n) is 4.91. The lowest BCUT2D eigenvalue weighted by Gasteiger charge is -2.45. The summed E-state index contributed by atoms with van der Waals surface area (Å²) in [6.07, 6.45) is 4.28. The molecular weight excluding hydrogens is 561 g/mol. The van der Waals surface area contributed by atoms with Crippen LogP contribution in [0.2, 0.25) is 5.02 Å². The average Bonchev–Trinajstić information content (AvgIpc) is 3.76. The summed E-state index contributed by atoms with van der Waals surface area (Å²) in [6, 6.07) is 4.31. The number of fused-ring (bicyclic) bond motifs is 1. The van der Waals surface area contributed by atoms with Crippen molar-refractivity contribution in [2.24, 2.45) is 5.92 Å². The second-order valence-corrected chi connectivity index (χ2v) is 11.0. The van der Waals surface area contributed by atoms with Gasteiger partial charge in [-0.05, 0) is 62.4 Å². The molecule has 0 radical (unpaired) electrons. The third kappa shape index (κ3) is 8.05. The van der Waals surface area contributed by atoms with Gasteiger partial charge in [-0.3, -0.25) is 29.1 Å². The molecule has 4 N–H and O–H groups in total. The van der Waals surface area contributed by atoms with Gasteiger partial charge < -0.3 is 20.3 Å². The lowest BCUT2D eigenvalue weighted by Crippen LogP contribution is -2.60. The number of ketones is 1. The van der Waals surface area contributed by atoms with Crippen molar-refractivity contribution in [3.05, 3.63) is 57.7 Å². The molecule has 2 fully saturated rings. The molecule has 1 saturated carbocycles. The van der Waals surface area contributed by atoms with E-state index in [1.54, 1.807) is 17.2 Å². The number of nitrogens with one attached hydrogen (secondary N) is 2. The van der Waals surface area contributed by atoms with E-state index in [1.165, 1.54) is 29.0 Å². The van der Waals surface area contributed by atoms with Crippen molar-refractivity contribution >= 4 is 41.6 Å². The van der Waals surface area contributed by atoms with Crippen molar-refractivity contribution < 1.29 is 29.0 Å². The van der Waals surface area contributed by atoms with Crippen LogP contribution in [-0.2, 0) is 20.9 Å². The second-order valence-electron chi connectivity index (χ2n) is 9.93. The lowest BCUT2D eigenvalue weighted by molar-refractivity contribution is -0.143. The second kappa shape index (κ2) is 14.9. The van der Waals surface area contributed by atoms with Gasteiger partial charge in [0.05, 0.1) is 23.4 Å². The first-order valence-electron chi connectivity index (χ1n) is 13.1. The van der Waals surface area contributed by atoms with Crippen LogP contribution in [0, 0.1) is 11.7 Å². The number of halogens is 2. The molecule has 2 heterocycles. The quantitative estimate of drug-likeness (QED) is 0.264. The van der Waals surface area contributed by atoms with E-state index in [0.29, 0.717) is 43.7 Å². The molecule has 1 saturated heterocycles. The number of Topliss-reactive ketones (excluding diaryl/α,β-unsaturated/α-hetero) is 1. The zero-order valence-electron chi connectivity index (χ0n) is 22.9. The number of amides is 2. The predicted octanol–water partition coefficient (Wildman–Crippen LogP) is 2.40. The van der Waals surface area contributed by atoms with Crippen molar-refractivity contribution in [1.29, 1.82) is 0 Å². The molecule has 2 amide bonds. The number of carbonyl (C=O) groups excluding carboxylic acids is 3. The van der Waals surface area contributed by atoms with Crippen molar-refractivity contribution in [2.75, 3.05) is 39.5 Å². The minimum Gasteiger partial charge on any atom is -0.503 e. The fourth-order valence-corrected chi connectivity index (χ4v) is 5.21. The van der Waals surface area contributed by atoms with Gasteiger partial charge in [0.15, 0.2) is 11.5 Å². The largest absolute Gasteiger partial charge is 0.503 e. The minimum atomic E-state index is -1.27. The summed E-state index contributed by atoms with van der Waals surface area (Å²) in [6.45, 7) is 3.86. The van der Waals surface area contributed by atoms with Crippen LogP contribution in [0.5, 0.6) is 0 Å². The van der Waals surface area contributed by atoms with Gasteiger partial charge in [0.2, 0.25) is 6.41 Å². The molecule has 10 nitrogen and oxygen atoms in total. The highest BCUT2D eigenvalue weighted by Gasteiger charge is 2.48. The monoisotopic (exact) mass is 597 g/mol. The molecule has 0 bridgehead atoms.